The normalized spacial score (nSPS) is 13.4. The molecule has 1 aromatic carbocycles. The first-order valence-electron chi connectivity index (χ1n) is 5.02. The summed E-state index contributed by atoms with van der Waals surface area (Å²) in [7, 11) is -3.49. The van der Waals surface area contributed by atoms with E-state index in [1.54, 1.807) is 13.0 Å². The van der Waals surface area contributed by atoms with Gasteiger partial charge in [-0.25, -0.2) is 4.18 Å². The molecule has 0 saturated carbocycles. The topological polar surface area (TPSA) is 52.6 Å². The molecule has 0 saturated heterocycles. The van der Waals surface area contributed by atoms with Crippen molar-refractivity contribution in [3.63, 3.8) is 0 Å². The summed E-state index contributed by atoms with van der Waals surface area (Å²) in [5, 5.41) is 0. The Morgan fingerprint density at radius 3 is 2.56 bits per heavy atom. The predicted octanol–water partition coefficient (Wildman–Crippen LogP) is 2.09. The molecule has 0 N–H and O–H groups in total. The summed E-state index contributed by atoms with van der Waals surface area (Å²) in [5.74, 6) is 0.607. The van der Waals surface area contributed by atoms with Gasteiger partial charge in [0, 0.05) is 6.42 Å². The fourth-order valence-corrected chi connectivity index (χ4v) is 1.77. The minimum atomic E-state index is -3.49. The van der Waals surface area contributed by atoms with Gasteiger partial charge in [0.1, 0.15) is 5.75 Å². The molecule has 1 rings (SSSR count). The third kappa shape index (κ3) is 4.63. The lowest BCUT2D eigenvalue weighted by Gasteiger charge is -2.16. The highest BCUT2D eigenvalue weighted by molar-refractivity contribution is 7.86. The zero-order chi connectivity index (χ0) is 12.2. The standard InChI is InChI=1S/C11H16O4S/c1-4-11(15-16(3,12)13)14-10-7-5-6-9(2)8-10/h5-8,11H,4H2,1-3H3. The van der Waals surface area contributed by atoms with Gasteiger partial charge >= 0.3 is 0 Å². The third-order valence-electron chi connectivity index (χ3n) is 1.87. The lowest BCUT2D eigenvalue weighted by molar-refractivity contribution is 0.00970. The molecule has 0 aliphatic rings. The fraction of sp³-hybridized carbons (Fsp3) is 0.455. The number of hydrogen-bond acceptors (Lipinski definition) is 4. The molecule has 1 atom stereocenters. The minimum Gasteiger partial charge on any atom is -0.464 e. The Kier molecular flexibility index (Phi) is 4.32. The summed E-state index contributed by atoms with van der Waals surface area (Å²) in [6.45, 7) is 3.73. The maximum atomic E-state index is 11.0. The SMILES string of the molecule is CCC(Oc1cccc(C)c1)OS(C)(=O)=O. The van der Waals surface area contributed by atoms with Crippen molar-refractivity contribution in [2.45, 2.75) is 26.6 Å². The van der Waals surface area contributed by atoms with Gasteiger partial charge in [0.15, 0.2) is 0 Å². The highest BCUT2D eigenvalue weighted by Gasteiger charge is 2.14. The minimum absolute atomic E-state index is 0.459. The molecule has 0 aromatic heterocycles. The molecule has 0 heterocycles. The third-order valence-corrected chi connectivity index (χ3v) is 2.44. The summed E-state index contributed by atoms with van der Waals surface area (Å²) >= 11 is 0. The quantitative estimate of drug-likeness (QED) is 0.588. The largest absolute Gasteiger partial charge is 0.464 e. The number of benzene rings is 1. The zero-order valence-corrected chi connectivity index (χ0v) is 10.5. The van der Waals surface area contributed by atoms with Gasteiger partial charge in [-0.15, -0.1) is 0 Å². The zero-order valence-electron chi connectivity index (χ0n) is 9.64. The van der Waals surface area contributed by atoms with Crippen LogP contribution < -0.4 is 4.74 Å². The van der Waals surface area contributed by atoms with Gasteiger partial charge in [0.05, 0.1) is 6.26 Å². The maximum absolute atomic E-state index is 11.0. The molecular weight excluding hydrogens is 228 g/mol. The van der Waals surface area contributed by atoms with Crippen molar-refractivity contribution in [3.05, 3.63) is 29.8 Å². The van der Waals surface area contributed by atoms with Crippen LogP contribution in [0, 0.1) is 6.92 Å². The van der Waals surface area contributed by atoms with Crippen LogP contribution in [0.1, 0.15) is 18.9 Å². The molecule has 0 fully saturated rings. The molecule has 4 nitrogen and oxygen atoms in total. The number of hydrogen-bond donors (Lipinski definition) is 0. The van der Waals surface area contributed by atoms with E-state index in [1.807, 2.05) is 25.1 Å². The van der Waals surface area contributed by atoms with E-state index in [0.29, 0.717) is 12.2 Å². The van der Waals surface area contributed by atoms with Crippen molar-refractivity contribution in [3.8, 4) is 5.75 Å². The van der Waals surface area contributed by atoms with E-state index in [2.05, 4.69) is 0 Å². The van der Waals surface area contributed by atoms with E-state index < -0.39 is 16.4 Å². The Balaban J connectivity index is 2.70. The van der Waals surface area contributed by atoms with Crippen LogP contribution in [0.4, 0.5) is 0 Å². The molecule has 1 aromatic rings. The van der Waals surface area contributed by atoms with Gasteiger partial charge in [-0.1, -0.05) is 19.1 Å². The molecule has 16 heavy (non-hydrogen) atoms. The van der Waals surface area contributed by atoms with Crippen molar-refractivity contribution in [2.75, 3.05) is 6.26 Å². The van der Waals surface area contributed by atoms with Crippen LogP contribution in [-0.2, 0) is 14.3 Å². The Labute approximate surface area is 96.3 Å². The van der Waals surface area contributed by atoms with Gasteiger partial charge in [-0.2, -0.15) is 8.42 Å². The van der Waals surface area contributed by atoms with Gasteiger partial charge in [-0.05, 0) is 24.6 Å². The molecule has 0 aliphatic heterocycles. The lowest BCUT2D eigenvalue weighted by Crippen LogP contribution is -2.22. The Morgan fingerprint density at radius 1 is 1.38 bits per heavy atom. The van der Waals surface area contributed by atoms with Crippen LogP contribution in [0.25, 0.3) is 0 Å². The second-order valence-electron chi connectivity index (χ2n) is 3.57. The Hall–Kier alpha value is -1.07. The molecule has 0 bridgehead atoms. The molecule has 0 radical (unpaired) electrons. The Morgan fingerprint density at radius 2 is 2.06 bits per heavy atom. The summed E-state index contributed by atoms with van der Waals surface area (Å²) in [4.78, 5) is 0. The van der Waals surface area contributed by atoms with E-state index in [-0.39, 0.29) is 0 Å². The molecule has 0 aliphatic carbocycles. The van der Waals surface area contributed by atoms with E-state index >= 15 is 0 Å². The van der Waals surface area contributed by atoms with E-state index in [0.717, 1.165) is 11.8 Å². The molecular formula is C11H16O4S. The molecule has 1 unspecified atom stereocenters. The second-order valence-corrected chi connectivity index (χ2v) is 5.17. The number of ether oxygens (including phenoxy) is 1. The van der Waals surface area contributed by atoms with E-state index in [9.17, 15) is 8.42 Å². The van der Waals surface area contributed by atoms with Crippen LogP contribution in [0.2, 0.25) is 0 Å². The highest BCUT2D eigenvalue weighted by atomic mass is 32.2. The second kappa shape index (κ2) is 5.32. The maximum Gasteiger partial charge on any atom is 0.267 e. The highest BCUT2D eigenvalue weighted by Crippen LogP contribution is 2.16. The monoisotopic (exact) mass is 244 g/mol. The van der Waals surface area contributed by atoms with Crippen LogP contribution in [-0.4, -0.2) is 21.0 Å². The van der Waals surface area contributed by atoms with Gasteiger partial charge in [0.25, 0.3) is 10.1 Å². The van der Waals surface area contributed by atoms with Crippen molar-refractivity contribution in [2.24, 2.45) is 0 Å². The van der Waals surface area contributed by atoms with Crippen LogP contribution >= 0.6 is 0 Å². The average Bonchev–Trinajstić information content (AvgIpc) is 2.14. The van der Waals surface area contributed by atoms with Crippen molar-refractivity contribution in [1.82, 2.24) is 0 Å². The van der Waals surface area contributed by atoms with Crippen LogP contribution in [0.15, 0.2) is 24.3 Å². The first kappa shape index (κ1) is 13.0. The van der Waals surface area contributed by atoms with Crippen molar-refractivity contribution in [1.29, 1.82) is 0 Å². The molecule has 0 spiro atoms. The number of aryl methyl sites for hydroxylation is 1. The Bertz CT molecular complexity index is 439. The van der Waals surface area contributed by atoms with E-state index in [1.165, 1.54) is 0 Å². The average molecular weight is 244 g/mol. The molecule has 90 valence electrons. The van der Waals surface area contributed by atoms with Gasteiger partial charge < -0.3 is 4.74 Å². The summed E-state index contributed by atoms with van der Waals surface area (Å²) in [5.41, 5.74) is 1.05. The van der Waals surface area contributed by atoms with Crippen molar-refractivity contribution < 1.29 is 17.3 Å². The fourth-order valence-electron chi connectivity index (χ4n) is 1.21. The van der Waals surface area contributed by atoms with Crippen molar-refractivity contribution >= 4 is 10.1 Å². The van der Waals surface area contributed by atoms with Crippen LogP contribution in [0.5, 0.6) is 5.75 Å². The van der Waals surface area contributed by atoms with Gasteiger partial charge in [0.2, 0.25) is 6.29 Å². The lowest BCUT2D eigenvalue weighted by atomic mass is 10.2. The van der Waals surface area contributed by atoms with Crippen LogP contribution in [0.3, 0.4) is 0 Å². The predicted molar refractivity (Wildman–Crippen MR) is 61.8 cm³/mol. The first-order chi connectivity index (χ1) is 7.40. The molecule has 5 heteroatoms. The number of rotatable bonds is 5. The van der Waals surface area contributed by atoms with E-state index in [4.69, 9.17) is 8.92 Å². The summed E-state index contributed by atoms with van der Waals surface area (Å²) < 4.78 is 32.1. The smallest absolute Gasteiger partial charge is 0.267 e. The summed E-state index contributed by atoms with van der Waals surface area (Å²) in [6, 6.07) is 7.37. The molecule has 0 amide bonds. The summed E-state index contributed by atoms with van der Waals surface area (Å²) in [6.07, 6.45) is 0.702. The first-order valence-corrected chi connectivity index (χ1v) is 6.84. The van der Waals surface area contributed by atoms with Gasteiger partial charge in [-0.3, -0.25) is 0 Å².